The van der Waals surface area contributed by atoms with Gasteiger partial charge in [0, 0.05) is 19.6 Å². The molecule has 0 radical (unpaired) electrons. The minimum atomic E-state index is -4.04. The Kier molecular flexibility index (Phi) is 12.1. The smallest absolute Gasteiger partial charge is 0.325 e. The van der Waals surface area contributed by atoms with Crippen molar-refractivity contribution in [3.05, 3.63) is 107 Å². The number of ether oxygens (including phenoxy) is 1. The number of benzene rings is 3. The number of hydrogen-bond donors (Lipinski definition) is 3. The normalized spacial score (nSPS) is 14.5. The molecule has 1 aliphatic rings. The molecule has 3 N–H and O–H groups in total. The Hall–Kier alpha value is -4.85. The maximum Gasteiger partial charge on any atom is 0.325 e. The van der Waals surface area contributed by atoms with Gasteiger partial charge < -0.3 is 20.1 Å². The minimum Gasteiger partial charge on any atom is -0.497 e. The molecule has 0 saturated carbocycles. The van der Waals surface area contributed by atoms with Gasteiger partial charge in [-0.15, -0.1) is 0 Å². The number of nitrogens with one attached hydrogen (secondary N) is 2. The van der Waals surface area contributed by atoms with Gasteiger partial charge in [0.05, 0.1) is 53.6 Å². The van der Waals surface area contributed by atoms with Crippen LogP contribution < -0.4 is 14.8 Å². The highest BCUT2D eigenvalue weighted by molar-refractivity contribution is 7.89. The average molecular weight is 715 g/mol. The van der Waals surface area contributed by atoms with Crippen LogP contribution in [-0.4, -0.2) is 84.1 Å². The number of methoxy groups -OCH3 is 1. The fraction of sp³-hybridized carbons (Fsp3) is 0.368. The first-order chi connectivity index (χ1) is 24.4. The lowest BCUT2D eigenvalue weighted by Crippen LogP contribution is -2.51. The third kappa shape index (κ3) is 9.29. The SMILES string of the molecule is COc1ccc(S(=O)(=O)NC[C@@H](O)[C@H](Cc2ccccc2)NC(=O)C(=C(C)C)N2CCN(Cc3cnc4ccccc4n3)C2=O)c(CC(C)C)c1. The number of aromatic nitrogens is 2. The molecule has 51 heavy (non-hydrogen) atoms. The number of fused-ring (bicyclic) bond motifs is 1. The number of rotatable bonds is 15. The molecule has 0 bridgehead atoms. The van der Waals surface area contributed by atoms with Crippen LogP contribution in [0.3, 0.4) is 0 Å². The van der Waals surface area contributed by atoms with Gasteiger partial charge in [0.15, 0.2) is 0 Å². The maximum absolute atomic E-state index is 14.0. The van der Waals surface area contributed by atoms with Crippen molar-refractivity contribution in [2.45, 2.75) is 64.1 Å². The number of carbonyl (C=O) groups excluding carboxylic acids is 2. The van der Waals surface area contributed by atoms with Crippen molar-refractivity contribution >= 4 is 33.0 Å². The molecular weight excluding hydrogens is 669 g/mol. The van der Waals surface area contributed by atoms with Crippen LogP contribution in [0.15, 0.2) is 95.2 Å². The molecule has 3 aromatic carbocycles. The molecule has 2 heterocycles. The molecule has 12 nitrogen and oxygen atoms in total. The number of aliphatic hydroxyl groups excluding tert-OH is 1. The predicted molar refractivity (Wildman–Crippen MR) is 195 cm³/mol. The number of hydrogen-bond acceptors (Lipinski definition) is 8. The van der Waals surface area contributed by atoms with Crippen LogP contribution in [0.5, 0.6) is 5.75 Å². The van der Waals surface area contributed by atoms with Gasteiger partial charge in [-0.3, -0.25) is 14.7 Å². The van der Waals surface area contributed by atoms with Gasteiger partial charge in [-0.2, -0.15) is 0 Å². The molecule has 1 saturated heterocycles. The van der Waals surface area contributed by atoms with Crippen LogP contribution in [0.2, 0.25) is 0 Å². The monoisotopic (exact) mass is 714 g/mol. The standard InChI is InChI=1S/C38H46N6O6S/c1-25(2)19-28-21-30(50-5)15-16-35(28)51(48,49)40-23-34(45)33(20-27-11-7-6-8-12-27)42-37(46)36(26(3)4)44-18-17-43(38(44)47)24-29-22-39-31-13-9-10-14-32(31)41-29/h6-16,21-22,25,33-34,40,45H,17-20,23-24H2,1-5H3,(H,42,46)/t33-,34+/m0/s1. The topological polar surface area (TPSA) is 154 Å². The first-order valence-corrected chi connectivity index (χ1v) is 18.5. The molecule has 0 spiro atoms. The second-order valence-corrected chi connectivity index (χ2v) is 15.1. The fourth-order valence-corrected chi connectivity index (χ4v) is 7.45. The number of nitrogens with zero attached hydrogens (tertiary/aromatic N) is 4. The highest BCUT2D eigenvalue weighted by atomic mass is 32.2. The van der Waals surface area contributed by atoms with Gasteiger partial charge >= 0.3 is 6.03 Å². The Morgan fingerprint density at radius 3 is 2.37 bits per heavy atom. The van der Waals surface area contributed by atoms with E-state index in [1.807, 2.05) is 68.4 Å². The average Bonchev–Trinajstić information content (AvgIpc) is 3.45. The molecule has 2 atom stereocenters. The molecule has 5 rings (SSSR count). The van der Waals surface area contributed by atoms with Crippen LogP contribution in [0.25, 0.3) is 11.0 Å². The molecule has 13 heteroatoms. The molecule has 270 valence electrons. The summed E-state index contributed by atoms with van der Waals surface area (Å²) >= 11 is 0. The van der Waals surface area contributed by atoms with Gasteiger partial charge in [0.25, 0.3) is 5.91 Å². The first kappa shape index (κ1) is 37.4. The van der Waals surface area contributed by atoms with Crippen LogP contribution in [0, 0.1) is 5.92 Å². The third-order valence-corrected chi connectivity index (χ3v) is 10.2. The van der Waals surface area contributed by atoms with E-state index in [4.69, 9.17) is 4.74 Å². The van der Waals surface area contributed by atoms with E-state index in [1.54, 1.807) is 37.1 Å². The highest BCUT2D eigenvalue weighted by Crippen LogP contribution is 2.25. The second kappa shape index (κ2) is 16.4. The molecule has 1 aliphatic heterocycles. The molecule has 1 aromatic heterocycles. The van der Waals surface area contributed by atoms with Gasteiger partial charge in [0.1, 0.15) is 11.4 Å². The van der Waals surface area contributed by atoms with Gasteiger partial charge in [0.2, 0.25) is 10.0 Å². The Morgan fingerprint density at radius 2 is 1.69 bits per heavy atom. The molecule has 0 aliphatic carbocycles. The number of sulfonamides is 1. The Morgan fingerprint density at radius 1 is 0.980 bits per heavy atom. The third-order valence-electron chi connectivity index (χ3n) is 8.65. The summed E-state index contributed by atoms with van der Waals surface area (Å²) < 4.78 is 35.0. The van der Waals surface area contributed by atoms with E-state index in [-0.39, 0.29) is 48.6 Å². The zero-order chi connectivity index (χ0) is 36.7. The lowest BCUT2D eigenvalue weighted by Gasteiger charge is -2.28. The fourth-order valence-electron chi connectivity index (χ4n) is 6.17. The van der Waals surface area contributed by atoms with E-state index < -0.39 is 28.1 Å². The van der Waals surface area contributed by atoms with Crippen molar-refractivity contribution in [3.63, 3.8) is 0 Å². The van der Waals surface area contributed by atoms with Crippen LogP contribution in [-0.2, 0) is 34.2 Å². The molecule has 4 aromatic rings. The van der Waals surface area contributed by atoms with E-state index in [0.717, 1.165) is 16.6 Å². The van der Waals surface area contributed by atoms with Crippen molar-refractivity contribution in [1.29, 1.82) is 0 Å². The van der Waals surface area contributed by atoms with Crippen molar-refractivity contribution in [3.8, 4) is 5.75 Å². The van der Waals surface area contributed by atoms with Gasteiger partial charge in [-0.25, -0.2) is 22.9 Å². The number of aliphatic hydroxyl groups is 1. The number of carbonyl (C=O) groups is 2. The van der Waals surface area contributed by atoms with Gasteiger partial charge in [-0.05, 0) is 79.6 Å². The van der Waals surface area contributed by atoms with Gasteiger partial charge in [-0.1, -0.05) is 56.3 Å². The Balaban J connectivity index is 1.32. The zero-order valence-corrected chi connectivity index (χ0v) is 30.5. The maximum atomic E-state index is 14.0. The summed E-state index contributed by atoms with van der Waals surface area (Å²) in [4.78, 5) is 39.9. The Bertz CT molecular complexity index is 2000. The number of amides is 3. The number of urea groups is 1. The second-order valence-electron chi connectivity index (χ2n) is 13.3. The van der Waals surface area contributed by atoms with Crippen LogP contribution >= 0.6 is 0 Å². The number of para-hydroxylation sites is 2. The zero-order valence-electron chi connectivity index (χ0n) is 29.7. The minimum absolute atomic E-state index is 0.103. The molecular formula is C38H46N6O6S. The van der Waals surface area contributed by atoms with Crippen molar-refractivity contribution in [1.82, 2.24) is 29.8 Å². The molecule has 3 amide bonds. The summed E-state index contributed by atoms with van der Waals surface area (Å²) in [6.45, 7) is 8.02. The van der Waals surface area contributed by atoms with E-state index in [0.29, 0.717) is 35.5 Å². The first-order valence-electron chi connectivity index (χ1n) is 17.0. The number of allylic oxidation sites excluding steroid dienone is 1. The lowest BCUT2D eigenvalue weighted by molar-refractivity contribution is -0.120. The van der Waals surface area contributed by atoms with Crippen LogP contribution in [0.4, 0.5) is 4.79 Å². The quantitative estimate of drug-likeness (QED) is 0.153. The predicted octanol–water partition coefficient (Wildman–Crippen LogP) is 4.44. The summed E-state index contributed by atoms with van der Waals surface area (Å²) in [6.07, 6.45) is 1.06. The summed E-state index contributed by atoms with van der Waals surface area (Å²) in [5.41, 5.74) is 4.34. The van der Waals surface area contributed by atoms with Crippen molar-refractivity contribution in [2.75, 3.05) is 26.7 Å². The van der Waals surface area contributed by atoms with E-state index in [9.17, 15) is 23.1 Å². The summed E-state index contributed by atoms with van der Waals surface area (Å²) in [7, 11) is -2.52. The summed E-state index contributed by atoms with van der Waals surface area (Å²) in [6, 6.07) is 20.3. The summed E-state index contributed by atoms with van der Waals surface area (Å²) in [5, 5.41) is 14.4. The van der Waals surface area contributed by atoms with E-state index in [1.165, 1.54) is 18.1 Å². The molecule has 1 fully saturated rings. The van der Waals surface area contributed by atoms with E-state index >= 15 is 0 Å². The summed E-state index contributed by atoms with van der Waals surface area (Å²) in [5.74, 6) is 0.188. The lowest BCUT2D eigenvalue weighted by atomic mass is 10.0. The van der Waals surface area contributed by atoms with E-state index in [2.05, 4.69) is 20.0 Å². The largest absolute Gasteiger partial charge is 0.497 e. The highest BCUT2D eigenvalue weighted by Gasteiger charge is 2.36. The van der Waals surface area contributed by atoms with Crippen molar-refractivity contribution in [2.24, 2.45) is 5.92 Å². The Labute approximate surface area is 299 Å². The molecule has 0 unspecified atom stereocenters. The van der Waals surface area contributed by atoms with Crippen molar-refractivity contribution < 1.29 is 27.9 Å². The van der Waals surface area contributed by atoms with Crippen LogP contribution in [0.1, 0.15) is 44.5 Å².